The Kier molecular flexibility index (Phi) is 2.33. The van der Waals surface area contributed by atoms with Gasteiger partial charge in [0.15, 0.2) is 0 Å². The Bertz CT molecular complexity index is 215. The number of nitrogen functional groups attached to an aromatic ring is 1. The van der Waals surface area contributed by atoms with Crippen molar-refractivity contribution in [1.29, 1.82) is 0 Å². The lowest BCUT2D eigenvalue weighted by molar-refractivity contribution is 1.08. The minimum absolute atomic E-state index is 0.976. The first-order valence-corrected chi connectivity index (χ1v) is 4.52. The molecule has 0 aliphatic rings. The van der Waals surface area contributed by atoms with Crippen LogP contribution in [0.2, 0.25) is 0 Å². The smallest absolute Gasteiger partial charge is 0.0458 e. The Balaban J connectivity index is 3.01. The number of thiophene rings is 1. The van der Waals surface area contributed by atoms with E-state index in [1.165, 1.54) is 10.4 Å². The van der Waals surface area contributed by atoms with Crippen LogP contribution in [0.15, 0.2) is 5.38 Å². The summed E-state index contributed by atoms with van der Waals surface area (Å²) in [5.41, 5.74) is 8.07. The zero-order chi connectivity index (χ0) is 7.56. The number of rotatable bonds is 2. The SMILES string of the molecule is CCc1scc(N)c1CC. The zero-order valence-electron chi connectivity index (χ0n) is 6.48. The van der Waals surface area contributed by atoms with Gasteiger partial charge in [-0.05, 0) is 18.4 Å². The third-order valence-corrected chi connectivity index (χ3v) is 2.88. The van der Waals surface area contributed by atoms with Crippen LogP contribution < -0.4 is 5.73 Å². The second-order valence-electron chi connectivity index (χ2n) is 2.30. The highest BCUT2D eigenvalue weighted by Crippen LogP contribution is 2.25. The average molecular weight is 155 g/mol. The Hall–Kier alpha value is -0.500. The summed E-state index contributed by atoms with van der Waals surface area (Å²) in [7, 11) is 0. The number of hydrogen-bond acceptors (Lipinski definition) is 2. The molecule has 1 aromatic heterocycles. The molecule has 0 aliphatic carbocycles. The summed E-state index contributed by atoms with van der Waals surface area (Å²) in [5, 5.41) is 2.04. The fraction of sp³-hybridized carbons (Fsp3) is 0.500. The summed E-state index contributed by atoms with van der Waals surface area (Å²) in [6, 6.07) is 0. The first-order valence-electron chi connectivity index (χ1n) is 3.64. The highest BCUT2D eigenvalue weighted by molar-refractivity contribution is 7.10. The van der Waals surface area contributed by atoms with Crippen molar-refractivity contribution in [2.75, 3.05) is 5.73 Å². The van der Waals surface area contributed by atoms with E-state index in [1.807, 2.05) is 5.38 Å². The van der Waals surface area contributed by atoms with E-state index in [2.05, 4.69) is 13.8 Å². The highest BCUT2D eigenvalue weighted by Gasteiger charge is 2.03. The molecule has 0 spiro atoms. The predicted molar refractivity (Wildman–Crippen MR) is 47.5 cm³/mol. The quantitative estimate of drug-likeness (QED) is 0.697. The lowest BCUT2D eigenvalue weighted by Crippen LogP contribution is -1.90. The Morgan fingerprint density at radius 3 is 2.50 bits per heavy atom. The molecule has 0 atom stereocenters. The van der Waals surface area contributed by atoms with Gasteiger partial charge in [0.25, 0.3) is 0 Å². The second kappa shape index (κ2) is 3.06. The maximum absolute atomic E-state index is 5.74. The van der Waals surface area contributed by atoms with Crippen molar-refractivity contribution in [3.05, 3.63) is 15.8 Å². The maximum Gasteiger partial charge on any atom is 0.0458 e. The molecule has 56 valence electrons. The van der Waals surface area contributed by atoms with Gasteiger partial charge in [0, 0.05) is 15.9 Å². The van der Waals surface area contributed by atoms with Crippen LogP contribution in [0.3, 0.4) is 0 Å². The molecular formula is C8H13NS. The van der Waals surface area contributed by atoms with E-state index >= 15 is 0 Å². The van der Waals surface area contributed by atoms with Crippen LogP contribution in [0, 0.1) is 0 Å². The molecule has 0 saturated carbocycles. The minimum Gasteiger partial charge on any atom is -0.398 e. The van der Waals surface area contributed by atoms with Crippen LogP contribution in [-0.4, -0.2) is 0 Å². The highest BCUT2D eigenvalue weighted by atomic mass is 32.1. The van der Waals surface area contributed by atoms with Crippen LogP contribution >= 0.6 is 11.3 Å². The summed E-state index contributed by atoms with van der Waals surface area (Å²) in [6.07, 6.45) is 2.18. The number of nitrogens with two attached hydrogens (primary N) is 1. The van der Waals surface area contributed by atoms with E-state index in [-0.39, 0.29) is 0 Å². The second-order valence-corrected chi connectivity index (χ2v) is 3.26. The molecule has 0 amide bonds. The molecule has 0 saturated heterocycles. The fourth-order valence-corrected chi connectivity index (χ4v) is 2.12. The largest absolute Gasteiger partial charge is 0.398 e. The summed E-state index contributed by atoms with van der Waals surface area (Å²) in [5.74, 6) is 0. The van der Waals surface area contributed by atoms with Gasteiger partial charge in [0.05, 0.1) is 0 Å². The van der Waals surface area contributed by atoms with Crippen LogP contribution in [0.1, 0.15) is 24.3 Å². The fourth-order valence-electron chi connectivity index (χ4n) is 1.14. The van der Waals surface area contributed by atoms with E-state index in [4.69, 9.17) is 5.73 Å². The Labute approximate surface area is 65.9 Å². The zero-order valence-corrected chi connectivity index (χ0v) is 7.29. The van der Waals surface area contributed by atoms with Gasteiger partial charge >= 0.3 is 0 Å². The molecule has 0 aliphatic heterocycles. The topological polar surface area (TPSA) is 26.0 Å². The summed E-state index contributed by atoms with van der Waals surface area (Å²) < 4.78 is 0. The lowest BCUT2D eigenvalue weighted by Gasteiger charge is -1.96. The molecule has 0 unspecified atom stereocenters. The third-order valence-electron chi connectivity index (χ3n) is 1.69. The molecule has 1 nitrogen and oxygen atoms in total. The molecule has 1 heterocycles. The molecule has 0 aromatic carbocycles. The molecule has 2 N–H and O–H groups in total. The Morgan fingerprint density at radius 2 is 2.10 bits per heavy atom. The van der Waals surface area contributed by atoms with Gasteiger partial charge in [-0.1, -0.05) is 13.8 Å². The van der Waals surface area contributed by atoms with E-state index in [0.29, 0.717) is 0 Å². The predicted octanol–water partition coefficient (Wildman–Crippen LogP) is 2.46. The van der Waals surface area contributed by atoms with E-state index in [1.54, 1.807) is 11.3 Å². The summed E-state index contributed by atoms with van der Waals surface area (Å²) >= 11 is 1.78. The standard InChI is InChI=1S/C8H13NS/c1-3-6-7(9)5-10-8(6)4-2/h5H,3-4,9H2,1-2H3. The van der Waals surface area contributed by atoms with Crippen molar-refractivity contribution in [3.8, 4) is 0 Å². The first-order chi connectivity index (χ1) is 4.79. The van der Waals surface area contributed by atoms with Crippen molar-refractivity contribution in [2.45, 2.75) is 26.7 Å². The van der Waals surface area contributed by atoms with Crippen molar-refractivity contribution in [1.82, 2.24) is 0 Å². The number of anilines is 1. The molecule has 0 bridgehead atoms. The van der Waals surface area contributed by atoms with Gasteiger partial charge in [-0.25, -0.2) is 0 Å². The normalized spacial score (nSPS) is 10.2. The molecular weight excluding hydrogens is 142 g/mol. The molecule has 0 radical (unpaired) electrons. The minimum atomic E-state index is 0.976. The first kappa shape index (κ1) is 7.61. The Morgan fingerprint density at radius 1 is 1.40 bits per heavy atom. The molecule has 10 heavy (non-hydrogen) atoms. The van der Waals surface area contributed by atoms with Crippen molar-refractivity contribution in [3.63, 3.8) is 0 Å². The monoisotopic (exact) mass is 155 g/mol. The van der Waals surface area contributed by atoms with Crippen molar-refractivity contribution < 1.29 is 0 Å². The van der Waals surface area contributed by atoms with Gasteiger partial charge in [0.1, 0.15) is 0 Å². The van der Waals surface area contributed by atoms with Crippen molar-refractivity contribution >= 4 is 17.0 Å². The van der Waals surface area contributed by atoms with Gasteiger partial charge in [-0.2, -0.15) is 0 Å². The van der Waals surface area contributed by atoms with Gasteiger partial charge in [-0.15, -0.1) is 11.3 Å². The van der Waals surface area contributed by atoms with Crippen LogP contribution in [0.25, 0.3) is 0 Å². The van der Waals surface area contributed by atoms with Gasteiger partial charge in [0.2, 0.25) is 0 Å². The van der Waals surface area contributed by atoms with E-state index < -0.39 is 0 Å². The molecule has 1 aromatic rings. The molecule has 1 rings (SSSR count). The van der Waals surface area contributed by atoms with E-state index in [0.717, 1.165) is 18.5 Å². The van der Waals surface area contributed by atoms with Crippen LogP contribution in [-0.2, 0) is 12.8 Å². The average Bonchev–Trinajstić information content (AvgIpc) is 2.30. The maximum atomic E-state index is 5.74. The number of aryl methyl sites for hydroxylation is 1. The van der Waals surface area contributed by atoms with Crippen LogP contribution in [0.5, 0.6) is 0 Å². The van der Waals surface area contributed by atoms with Gasteiger partial charge in [-0.3, -0.25) is 0 Å². The van der Waals surface area contributed by atoms with Crippen molar-refractivity contribution in [2.24, 2.45) is 0 Å². The number of hydrogen-bond donors (Lipinski definition) is 1. The lowest BCUT2D eigenvalue weighted by atomic mass is 10.1. The van der Waals surface area contributed by atoms with Gasteiger partial charge < -0.3 is 5.73 Å². The van der Waals surface area contributed by atoms with Crippen LogP contribution in [0.4, 0.5) is 5.69 Å². The summed E-state index contributed by atoms with van der Waals surface area (Å²) in [4.78, 5) is 1.44. The van der Waals surface area contributed by atoms with E-state index in [9.17, 15) is 0 Å². The summed E-state index contributed by atoms with van der Waals surface area (Å²) in [6.45, 7) is 4.32. The third kappa shape index (κ3) is 1.16. The molecule has 2 heteroatoms. The molecule has 0 fully saturated rings.